The van der Waals surface area contributed by atoms with Gasteiger partial charge in [0.1, 0.15) is 23.4 Å². The number of carbonyl (C=O) groups is 2. The van der Waals surface area contributed by atoms with Crippen molar-refractivity contribution in [1.29, 1.82) is 0 Å². The number of hydrogen-bond donors (Lipinski definition) is 2. The van der Waals surface area contributed by atoms with Gasteiger partial charge in [-0.2, -0.15) is 0 Å². The van der Waals surface area contributed by atoms with E-state index < -0.39 is 29.0 Å². The molecule has 2 N–H and O–H groups in total. The molecular formula is C19H23F2N3O2. The molecule has 1 unspecified atom stereocenters. The summed E-state index contributed by atoms with van der Waals surface area (Å²) in [6.07, 6.45) is 4.34. The molecule has 3 fully saturated rings. The lowest BCUT2D eigenvalue weighted by Crippen LogP contribution is -2.52. The molecule has 3 aliphatic rings. The Kier molecular flexibility index (Phi) is 4.42. The average molecular weight is 363 g/mol. The highest BCUT2D eigenvalue weighted by Crippen LogP contribution is 2.44. The molecule has 1 saturated carbocycles. The topological polar surface area (TPSA) is 61.4 Å². The number of carbonyl (C=O) groups excluding carboxylic acids is 2. The molecule has 2 saturated heterocycles. The van der Waals surface area contributed by atoms with Crippen LogP contribution in [0.25, 0.3) is 0 Å². The Bertz CT molecular complexity index is 721. The SMILES string of the molecule is O=C1C(NC(=O)[C@@]23CCCC[C@H]2CNC3)CCN1c1c(F)cccc1F. The summed E-state index contributed by atoms with van der Waals surface area (Å²) in [6, 6.07) is 2.81. The summed E-state index contributed by atoms with van der Waals surface area (Å²) in [6.45, 7) is 1.66. The zero-order valence-electron chi connectivity index (χ0n) is 14.6. The Morgan fingerprint density at radius 3 is 2.77 bits per heavy atom. The maximum atomic E-state index is 14.0. The lowest BCUT2D eigenvalue weighted by Gasteiger charge is -2.37. The molecule has 7 heteroatoms. The van der Waals surface area contributed by atoms with E-state index in [1.807, 2.05) is 0 Å². The van der Waals surface area contributed by atoms with Gasteiger partial charge in [-0.1, -0.05) is 18.9 Å². The summed E-state index contributed by atoms with van der Waals surface area (Å²) in [5.41, 5.74) is -0.777. The van der Waals surface area contributed by atoms with Crippen LogP contribution in [0.4, 0.5) is 14.5 Å². The summed E-state index contributed by atoms with van der Waals surface area (Å²) in [5.74, 6) is -1.78. The van der Waals surface area contributed by atoms with Crippen LogP contribution in [0.5, 0.6) is 0 Å². The van der Waals surface area contributed by atoms with Gasteiger partial charge >= 0.3 is 0 Å². The fourth-order valence-corrected chi connectivity index (χ4v) is 4.78. The summed E-state index contributed by atoms with van der Waals surface area (Å²) in [4.78, 5) is 26.8. The highest BCUT2D eigenvalue weighted by atomic mass is 19.1. The maximum Gasteiger partial charge on any atom is 0.249 e. The maximum absolute atomic E-state index is 14.0. The molecule has 1 aliphatic carbocycles. The van der Waals surface area contributed by atoms with E-state index in [2.05, 4.69) is 10.6 Å². The molecule has 1 aromatic rings. The van der Waals surface area contributed by atoms with E-state index in [0.29, 0.717) is 18.9 Å². The fraction of sp³-hybridized carbons (Fsp3) is 0.579. The Labute approximate surface area is 151 Å². The first-order valence-corrected chi connectivity index (χ1v) is 9.30. The van der Waals surface area contributed by atoms with Crippen molar-refractivity contribution in [3.63, 3.8) is 0 Å². The van der Waals surface area contributed by atoms with Gasteiger partial charge in [-0.05, 0) is 43.9 Å². The molecule has 1 aromatic carbocycles. The van der Waals surface area contributed by atoms with Gasteiger partial charge in [0, 0.05) is 13.1 Å². The van der Waals surface area contributed by atoms with E-state index in [4.69, 9.17) is 0 Å². The first-order valence-electron chi connectivity index (χ1n) is 9.30. The molecule has 0 aromatic heterocycles. The minimum atomic E-state index is -0.767. The highest BCUT2D eigenvalue weighted by molar-refractivity contribution is 6.02. The van der Waals surface area contributed by atoms with Crippen LogP contribution in [0.3, 0.4) is 0 Å². The number of nitrogens with zero attached hydrogens (tertiary/aromatic N) is 1. The molecular weight excluding hydrogens is 340 g/mol. The fourth-order valence-electron chi connectivity index (χ4n) is 4.78. The smallest absolute Gasteiger partial charge is 0.249 e. The molecule has 0 spiro atoms. The lowest BCUT2D eigenvalue weighted by molar-refractivity contribution is -0.136. The largest absolute Gasteiger partial charge is 0.344 e. The Morgan fingerprint density at radius 1 is 1.23 bits per heavy atom. The van der Waals surface area contributed by atoms with Crippen molar-refractivity contribution in [2.45, 2.75) is 38.1 Å². The number of nitrogens with one attached hydrogen (secondary N) is 2. The van der Waals surface area contributed by atoms with E-state index in [0.717, 1.165) is 49.3 Å². The van der Waals surface area contributed by atoms with Crippen molar-refractivity contribution in [1.82, 2.24) is 10.6 Å². The minimum Gasteiger partial charge on any atom is -0.344 e. The van der Waals surface area contributed by atoms with Crippen LogP contribution in [0, 0.1) is 23.0 Å². The van der Waals surface area contributed by atoms with Crippen LogP contribution < -0.4 is 15.5 Å². The molecule has 26 heavy (non-hydrogen) atoms. The van der Waals surface area contributed by atoms with Gasteiger partial charge in [0.25, 0.3) is 0 Å². The zero-order chi connectivity index (χ0) is 18.3. The number of para-hydroxylation sites is 1. The molecule has 0 radical (unpaired) electrons. The van der Waals surface area contributed by atoms with E-state index in [1.165, 1.54) is 6.07 Å². The van der Waals surface area contributed by atoms with Crippen molar-refractivity contribution in [3.05, 3.63) is 29.8 Å². The minimum absolute atomic E-state index is 0.0959. The molecule has 4 rings (SSSR count). The van der Waals surface area contributed by atoms with Crippen LogP contribution in [0.15, 0.2) is 18.2 Å². The lowest BCUT2D eigenvalue weighted by atomic mass is 9.67. The van der Waals surface area contributed by atoms with Crippen LogP contribution >= 0.6 is 0 Å². The van der Waals surface area contributed by atoms with Crippen LogP contribution in [0.2, 0.25) is 0 Å². The third-order valence-corrected chi connectivity index (χ3v) is 6.21. The van der Waals surface area contributed by atoms with Crippen molar-refractivity contribution >= 4 is 17.5 Å². The van der Waals surface area contributed by atoms with E-state index in [1.54, 1.807) is 0 Å². The standard InChI is InChI=1S/C19H23F2N3O2/c20-13-5-3-6-14(21)16(13)24-9-7-15(17(24)25)23-18(26)19-8-2-1-4-12(19)10-22-11-19/h3,5-6,12,15,22H,1-2,4,7-11H2,(H,23,26)/t12-,15?,19+/m0/s1. The van der Waals surface area contributed by atoms with Crippen molar-refractivity contribution < 1.29 is 18.4 Å². The molecule has 140 valence electrons. The third-order valence-electron chi connectivity index (χ3n) is 6.21. The van der Waals surface area contributed by atoms with Gasteiger partial charge in [0.05, 0.1) is 5.41 Å². The van der Waals surface area contributed by atoms with Gasteiger partial charge in [0.2, 0.25) is 11.8 Å². The van der Waals surface area contributed by atoms with Crippen molar-refractivity contribution in [2.24, 2.45) is 11.3 Å². The first kappa shape index (κ1) is 17.4. The summed E-state index contributed by atoms with van der Waals surface area (Å²) in [7, 11) is 0. The summed E-state index contributed by atoms with van der Waals surface area (Å²) < 4.78 is 28.0. The third kappa shape index (κ3) is 2.69. The van der Waals surface area contributed by atoms with Crippen molar-refractivity contribution in [2.75, 3.05) is 24.5 Å². The number of halogens is 2. The molecule has 5 nitrogen and oxygen atoms in total. The summed E-state index contributed by atoms with van der Waals surface area (Å²) >= 11 is 0. The predicted octanol–water partition coefficient (Wildman–Crippen LogP) is 1.97. The first-order chi connectivity index (χ1) is 12.5. The van der Waals surface area contributed by atoms with Crippen LogP contribution in [-0.2, 0) is 9.59 Å². The summed E-state index contributed by atoms with van der Waals surface area (Å²) in [5, 5.41) is 6.20. The van der Waals surface area contributed by atoms with E-state index in [9.17, 15) is 18.4 Å². The molecule has 2 heterocycles. The van der Waals surface area contributed by atoms with Gasteiger partial charge in [-0.15, -0.1) is 0 Å². The highest BCUT2D eigenvalue weighted by Gasteiger charge is 2.51. The number of benzene rings is 1. The molecule has 2 aliphatic heterocycles. The Morgan fingerprint density at radius 2 is 2.00 bits per heavy atom. The Balaban J connectivity index is 1.50. The molecule has 3 atom stereocenters. The van der Waals surface area contributed by atoms with E-state index in [-0.39, 0.29) is 18.1 Å². The predicted molar refractivity (Wildman–Crippen MR) is 92.5 cm³/mol. The van der Waals surface area contributed by atoms with Gasteiger partial charge in [-0.3, -0.25) is 9.59 Å². The molecule has 2 amide bonds. The monoisotopic (exact) mass is 363 g/mol. The molecule has 0 bridgehead atoms. The second-order valence-electron chi connectivity index (χ2n) is 7.60. The number of fused-ring (bicyclic) bond motifs is 1. The van der Waals surface area contributed by atoms with Crippen molar-refractivity contribution in [3.8, 4) is 0 Å². The number of anilines is 1. The van der Waals surface area contributed by atoms with Gasteiger partial charge in [0.15, 0.2) is 0 Å². The van der Waals surface area contributed by atoms with Crippen LogP contribution in [-0.4, -0.2) is 37.5 Å². The van der Waals surface area contributed by atoms with Crippen LogP contribution in [0.1, 0.15) is 32.1 Å². The quantitative estimate of drug-likeness (QED) is 0.863. The van der Waals surface area contributed by atoms with Gasteiger partial charge in [-0.25, -0.2) is 8.78 Å². The second-order valence-corrected chi connectivity index (χ2v) is 7.60. The Hall–Kier alpha value is -2.02. The normalized spacial score (nSPS) is 31.2. The average Bonchev–Trinajstić information content (AvgIpc) is 3.21. The van der Waals surface area contributed by atoms with Gasteiger partial charge < -0.3 is 15.5 Å². The zero-order valence-corrected chi connectivity index (χ0v) is 14.6. The number of rotatable bonds is 3. The second kappa shape index (κ2) is 6.61. The van der Waals surface area contributed by atoms with E-state index >= 15 is 0 Å². The number of hydrogen-bond acceptors (Lipinski definition) is 3. The number of amides is 2.